The average molecular weight is 99.9 g/mol. The van der Waals surface area contributed by atoms with Crippen molar-refractivity contribution < 1.29 is 18.3 Å². The molecule has 0 amide bonds. The van der Waals surface area contributed by atoms with E-state index in [0.29, 0.717) is 0 Å². The van der Waals surface area contributed by atoms with Gasteiger partial charge in [0.1, 0.15) is 0 Å². The number of hydrogen-bond donors (Lipinski definition) is 0. The van der Waals surface area contributed by atoms with Crippen molar-refractivity contribution in [3.05, 3.63) is 0 Å². The Morgan fingerprint density at radius 1 is 2.00 bits per heavy atom. The molecule has 0 rings (SSSR count). The molecule has 26 valence electrons. The van der Waals surface area contributed by atoms with Crippen molar-refractivity contribution in [1.29, 1.82) is 0 Å². The van der Waals surface area contributed by atoms with Crippen LogP contribution < -0.4 is 0 Å². The molecule has 0 bridgehead atoms. The fraction of sp³-hybridized carbons (Fsp3) is 0.500. The van der Waals surface area contributed by atoms with E-state index in [2.05, 4.69) is 0 Å². The van der Waals surface area contributed by atoms with Crippen LogP contribution in [0.15, 0.2) is 0 Å². The molecule has 0 saturated carbocycles. The Kier molecular flexibility index (Phi) is 3.34. The molecule has 0 fully saturated rings. The fourth-order valence-electron chi connectivity index (χ4n) is 0. The Morgan fingerprint density at radius 2 is 2.25 bits per heavy atom. The van der Waals surface area contributed by atoms with Crippen LogP contribution in [0, 0.1) is 0 Å². The first-order chi connectivity index (χ1) is 1.91. The average Bonchev–Trinajstić information content (AvgIpc) is 1.37. The summed E-state index contributed by atoms with van der Waals surface area (Å²) in [5.74, 6) is 0. The first kappa shape index (κ1) is 4.19. The molecular formula is C2H4FeO. The Bertz CT molecular complexity index is 44.0. The summed E-state index contributed by atoms with van der Waals surface area (Å²) in [5, 5.41) is 0. The molecule has 0 radical (unpaired) electrons. The fourth-order valence-corrected chi connectivity index (χ4v) is 0. The van der Waals surface area contributed by atoms with E-state index in [1.807, 2.05) is 0 Å². The van der Waals surface area contributed by atoms with Crippen LogP contribution in [0.25, 0.3) is 0 Å². The maximum absolute atomic E-state index is 9.24. The molecule has 0 aromatic heterocycles. The van der Waals surface area contributed by atoms with Crippen LogP contribution >= 0.6 is 0 Å². The van der Waals surface area contributed by atoms with Crippen molar-refractivity contribution >= 4 is 4.92 Å². The van der Waals surface area contributed by atoms with Gasteiger partial charge in [0.25, 0.3) is 0 Å². The van der Waals surface area contributed by atoms with Crippen molar-refractivity contribution in [2.24, 2.45) is 0 Å². The SMILES string of the molecule is C[CH]=[Fe]=[O]. The van der Waals surface area contributed by atoms with Crippen LogP contribution in [0.1, 0.15) is 6.92 Å². The van der Waals surface area contributed by atoms with Crippen LogP contribution in [-0.4, -0.2) is 4.92 Å². The Hall–Kier alpha value is 0.189. The van der Waals surface area contributed by atoms with Crippen molar-refractivity contribution in [3.8, 4) is 0 Å². The topological polar surface area (TPSA) is 17.1 Å². The number of hydrogen-bond acceptors (Lipinski definition) is 1. The zero-order valence-corrected chi connectivity index (χ0v) is 3.44. The quantitative estimate of drug-likeness (QED) is 0.398. The Balaban J connectivity index is 3.11. The normalized spacial score (nSPS) is 6.25. The molecule has 0 heterocycles. The molecule has 0 atom stereocenters. The summed E-state index contributed by atoms with van der Waals surface area (Å²) in [7, 11) is 0. The van der Waals surface area contributed by atoms with E-state index in [0.717, 1.165) is 0 Å². The third kappa shape index (κ3) is 2.19. The van der Waals surface area contributed by atoms with Crippen LogP contribution in [-0.2, 0) is 18.3 Å². The van der Waals surface area contributed by atoms with Crippen molar-refractivity contribution in [1.82, 2.24) is 0 Å². The van der Waals surface area contributed by atoms with Gasteiger partial charge in [-0.3, -0.25) is 0 Å². The van der Waals surface area contributed by atoms with Gasteiger partial charge in [-0.25, -0.2) is 0 Å². The molecular weight excluding hydrogens is 95.9 g/mol. The van der Waals surface area contributed by atoms with E-state index in [1.165, 1.54) is 0 Å². The zero-order valence-electron chi connectivity index (χ0n) is 2.34. The van der Waals surface area contributed by atoms with Gasteiger partial charge >= 0.3 is 30.1 Å². The van der Waals surface area contributed by atoms with Gasteiger partial charge in [0.15, 0.2) is 0 Å². The summed E-state index contributed by atoms with van der Waals surface area (Å²) in [6, 6.07) is 0. The minimum absolute atomic E-state index is 0.0556. The summed E-state index contributed by atoms with van der Waals surface area (Å²) in [4.78, 5) is 1.57. The third-order valence-electron chi connectivity index (χ3n) is 0.0833. The van der Waals surface area contributed by atoms with Gasteiger partial charge in [0.2, 0.25) is 0 Å². The van der Waals surface area contributed by atoms with Gasteiger partial charge in [-0.15, -0.1) is 0 Å². The monoisotopic (exact) mass is 100.0 g/mol. The summed E-state index contributed by atoms with van der Waals surface area (Å²) in [6.45, 7) is 1.74. The van der Waals surface area contributed by atoms with E-state index in [-0.39, 0.29) is 14.5 Å². The molecule has 4 heavy (non-hydrogen) atoms. The van der Waals surface area contributed by atoms with Gasteiger partial charge < -0.3 is 0 Å². The van der Waals surface area contributed by atoms with Crippen molar-refractivity contribution in [2.75, 3.05) is 0 Å². The second-order valence-electron chi connectivity index (χ2n) is 0.287. The molecule has 1 nitrogen and oxygen atoms in total. The Labute approximate surface area is 30.9 Å². The van der Waals surface area contributed by atoms with Crippen molar-refractivity contribution in [2.45, 2.75) is 6.92 Å². The minimum atomic E-state index is -0.0556. The van der Waals surface area contributed by atoms with E-state index in [4.69, 9.17) is 0 Å². The zero-order chi connectivity index (χ0) is 3.41. The predicted molar refractivity (Wildman–Crippen MR) is 12.4 cm³/mol. The maximum atomic E-state index is 9.24. The van der Waals surface area contributed by atoms with Gasteiger partial charge in [-0.2, -0.15) is 0 Å². The molecule has 0 saturated heterocycles. The molecule has 0 spiro atoms. The van der Waals surface area contributed by atoms with Crippen LogP contribution in [0.2, 0.25) is 0 Å². The molecule has 0 aliphatic heterocycles. The summed E-state index contributed by atoms with van der Waals surface area (Å²) in [5.41, 5.74) is 0. The van der Waals surface area contributed by atoms with E-state index in [9.17, 15) is 3.83 Å². The van der Waals surface area contributed by atoms with Gasteiger partial charge in [-0.1, -0.05) is 0 Å². The third-order valence-corrected chi connectivity index (χ3v) is 0.344. The van der Waals surface area contributed by atoms with Gasteiger partial charge in [-0.05, 0) is 0 Å². The molecule has 0 aromatic carbocycles. The van der Waals surface area contributed by atoms with Crippen molar-refractivity contribution in [3.63, 3.8) is 0 Å². The van der Waals surface area contributed by atoms with Gasteiger partial charge in [0, 0.05) is 0 Å². The van der Waals surface area contributed by atoms with Crippen LogP contribution in [0.4, 0.5) is 0 Å². The summed E-state index contributed by atoms with van der Waals surface area (Å²) < 4.78 is 9.24. The van der Waals surface area contributed by atoms with Gasteiger partial charge in [0.05, 0.1) is 0 Å². The van der Waals surface area contributed by atoms with E-state index >= 15 is 0 Å². The molecule has 0 unspecified atom stereocenters. The van der Waals surface area contributed by atoms with Crippen LogP contribution in [0.5, 0.6) is 0 Å². The Morgan fingerprint density at radius 3 is 2.25 bits per heavy atom. The summed E-state index contributed by atoms with van der Waals surface area (Å²) in [6.07, 6.45) is 0. The first-order valence-electron chi connectivity index (χ1n) is 0.926. The molecule has 0 aliphatic carbocycles. The summed E-state index contributed by atoms with van der Waals surface area (Å²) >= 11 is -0.0556. The standard InChI is InChI=1S/C2H4.Fe.O/c1-2;;/h1H,2H3;;. The second kappa shape index (κ2) is 3.19. The van der Waals surface area contributed by atoms with E-state index < -0.39 is 0 Å². The molecule has 0 N–H and O–H groups in total. The number of rotatable bonds is 0. The molecule has 0 aliphatic rings. The molecule has 0 aromatic rings. The van der Waals surface area contributed by atoms with E-state index in [1.54, 1.807) is 11.8 Å². The first-order valence-corrected chi connectivity index (χ1v) is 2.01. The van der Waals surface area contributed by atoms with Crippen LogP contribution in [0.3, 0.4) is 0 Å². The molecule has 2 heteroatoms. The second-order valence-corrected chi connectivity index (χ2v) is 1.19. The predicted octanol–water partition coefficient (Wildman–Crippen LogP) is 0.236.